The number of hydrogen-bond acceptors (Lipinski definition) is 4. The molecule has 1 aliphatic heterocycles. The van der Waals surface area contributed by atoms with E-state index in [1.807, 2.05) is 12.1 Å². The summed E-state index contributed by atoms with van der Waals surface area (Å²) >= 11 is 0. The zero-order chi connectivity index (χ0) is 14.7. The predicted molar refractivity (Wildman–Crippen MR) is 77.9 cm³/mol. The molecule has 0 bridgehead atoms. The summed E-state index contributed by atoms with van der Waals surface area (Å²) in [6.45, 7) is 1.13. The zero-order valence-electron chi connectivity index (χ0n) is 11.5. The summed E-state index contributed by atoms with van der Waals surface area (Å²) in [5, 5.41) is 12.0. The Labute approximate surface area is 122 Å². The van der Waals surface area contributed by atoms with E-state index < -0.39 is 0 Å². The second kappa shape index (κ2) is 6.03. The number of aromatic nitrogens is 1. The Kier molecular flexibility index (Phi) is 3.94. The van der Waals surface area contributed by atoms with Crippen molar-refractivity contribution in [1.82, 2.24) is 4.98 Å². The van der Waals surface area contributed by atoms with Gasteiger partial charge in [-0.25, -0.2) is 4.98 Å². The molecule has 1 aromatic heterocycles. The van der Waals surface area contributed by atoms with Gasteiger partial charge in [-0.3, -0.25) is 4.79 Å². The van der Waals surface area contributed by atoms with E-state index >= 15 is 0 Å². The minimum atomic E-state index is -0.224. The molecular weight excluding hydrogens is 268 g/mol. The monoisotopic (exact) mass is 284 g/mol. The molecule has 0 atom stereocenters. The van der Waals surface area contributed by atoms with Crippen molar-refractivity contribution in [1.29, 1.82) is 0 Å². The third kappa shape index (κ3) is 2.94. The summed E-state index contributed by atoms with van der Waals surface area (Å²) in [5.41, 5.74) is 3.46. The molecule has 0 spiro atoms. The van der Waals surface area contributed by atoms with Crippen molar-refractivity contribution in [2.45, 2.75) is 19.6 Å². The van der Waals surface area contributed by atoms with Gasteiger partial charge in [-0.1, -0.05) is 12.1 Å². The summed E-state index contributed by atoms with van der Waals surface area (Å²) < 4.78 is 5.38. The molecule has 0 fully saturated rings. The number of carbonyl (C=O) groups excluding carboxylic acids is 1. The maximum Gasteiger partial charge on any atom is 0.256 e. The summed E-state index contributed by atoms with van der Waals surface area (Å²) in [5.74, 6) is 0.170. The Balaban J connectivity index is 1.82. The van der Waals surface area contributed by atoms with Crippen LogP contribution in [0.4, 0.5) is 5.82 Å². The molecule has 2 heterocycles. The van der Waals surface area contributed by atoms with Crippen molar-refractivity contribution >= 4 is 11.7 Å². The maximum absolute atomic E-state index is 12.3. The quantitative estimate of drug-likeness (QED) is 0.903. The van der Waals surface area contributed by atoms with Crippen LogP contribution in [0.15, 0.2) is 36.5 Å². The number of amides is 1. The molecule has 108 valence electrons. The molecule has 1 aliphatic rings. The van der Waals surface area contributed by atoms with Gasteiger partial charge in [0, 0.05) is 17.3 Å². The van der Waals surface area contributed by atoms with Crippen LogP contribution in [-0.2, 0) is 24.4 Å². The van der Waals surface area contributed by atoms with Crippen LogP contribution >= 0.6 is 0 Å². The van der Waals surface area contributed by atoms with Crippen LogP contribution in [0.25, 0.3) is 0 Å². The fraction of sp³-hybridized carbons (Fsp3) is 0.250. The van der Waals surface area contributed by atoms with E-state index in [0.29, 0.717) is 30.2 Å². The number of aliphatic hydroxyl groups is 1. The summed E-state index contributed by atoms with van der Waals surface area (Å²) in [6.07, 6.45) is 2.40. The number of pyridine rings is 1. The van der Waals surface area contributed by atoms with Crippen LogP contribution in [0.3, 0.4) is 0 Å². The summed E-state index contributed by atoms with van der Waals surface area (Å²) in [7, 11) is 0. The van der Waals surface area contributed by atoms with Crippen molar-refractivity contribution in [3.8, 4) is 0 Å². The average molecular weight is 284 g/mol. The first-order valence-electron chi connectivity index (χ1n) is 6.83. The number of rotatable bonds is 3. The SMILES string of the molecule is O=C(Nc1ncccc1CO)c1ccc2c(c1)CCOC2. The van der Waals surface area contributed by atoms with E-state index in [9.17, 15) is 9.90 Å². The second-order valence-corrected chi connectivity index (χ2v) is 4.91. The summed E-state index contributed by atoms with van der Waals surface area (Å²) in [6, 6.07) is 9.06. The Hall–Kier alpha value is -2.24. The molecule has 2 N–H and O–H groups in total. The van der Waals surface area contributed by atoms with Crippen LogP contribution in [0.1, 0.15) is 27.0 Å². The minimum absolute atomic E-state index is 0.162. The Bertz CT molecular complexity index is 670. The van der Waals surface area contributed by atoms with Gasteiger partial charge in [0.2, 0.25) is 0 Å². The number of anilines is 1. The molecular formula is C16H16N2O3. The lowest BCUT2D eigenvalue weighted by molar-refractivity contribution is 0.102. The van der Waals surface area contributed by atoms with E-state index in [1.165, 1.54) is 0 Å². The van der Waals surface area contributed by atoms with Gasteiger partial charge in [-0.2, -0.15) is 0 Å². The van der Waals surface area contributed by atoms with E-state index in [-0.39, 0.29) is 12.5 Å². The summed E-state index contributed by atoms with van der Waals surface area (Å²) in [4.78, 5) is 16.4. The fourth-order valence-corrected chi connectivity index (χ4v) is 2.36. The van der Waals surface area contributed by atoms with Crippen LogP contribution in [0.5, 0.6) is 0 Å². The Morgan fingerprint density at radius 1 is 1.33 bits per heavy atom. The highest BCUT2D eigenvalue weighted by Crippen LogP contribution is 2.19. The third-order valence-corrected chi connectivity index (χ3v) is 3.54. The lowest BCUT2D eigenvalue weighted by atomic mass is 10.00. The molecule has 5 heteroatoms. The van der Waals surface area contributed by atoms with Crippen molar-refractivity contribution in [2.75, 3.05) is 11.9 Å². The van der Waals surface area contributed by atoms with Gasteiger partial charge in [0.05, 0.1) is 19.8 Å². The Morgan fingerprint density at radius 3 is 3.10 bits per heavy atom. The van der Waals surface area contributed by atoms with Crippen molar-refractivity contribution in [3.63, 3.8) is 0 Å². The van der Waals surface area contributed by atoms with Crippen LogP contribution in [0, 0.1) is 0 Å². The van der Waals surface area contributed by atoms with Crippen molar-refractivity contribution < 1.29 is 14.6 Å². The molecule has 0 saturated carbocycles. The predicted octanol–water partition coefficient (Wildman–Crippen LogP) is 1.90. The zero-order valence-corrected chi connectivity index (χ0v) is 11.5. The number of fused-ring (bicyclic) bond motifs is 1. The number of benzene rings is 1. The first-order chi connectivity index (χ1) is 10.3. The number of hydrogen-bond donors (Lipinski definition) is 2. The maximum atomic E-state index is 12.3. The number of aliphatic hydroxyl groups excluding tert-OH is 1. The van der Waals surface area contributed by atoms with Crippen LogP contribution in [-0.4, -0.2) is 22.6 Å². The molecule has 21 heavy (non-hydrogen) atoms. The highest BCUT2D eigenvalue weighted by atomic mass is 16.5. The largest absolute Gasteiger partial charge is 0.392 e. The fourth-order valence-electron chi connectivity index (χ4n) is 2.36. The van der Waals surface area contributed by atoms with E-state index in [1.54, 1.807) is 24.4 Å². The number of ether oxygens (including phenoxy) is 1. The molecule has 0 unspecified atom stereocenters. The van der Waals surface area contributed by atoms with E-state index in [2.05, 4.69) is 10.3 Å². The number of nitrogens with zero attached hydrogens (tertiary/aromatic N) is 1. The van der Waals surface area contributed by atoms with Gasteiger partial charge in [-0.15, -0.1) is 0 Å². The van der Waals surface area contributed by atoms with Gasteiger partial charge in [0.15, 0.2) is 0 Å². The lowest BCUT2D eigenvalue weighted by Gasteiger charge is -2.17. The number of nitrogens with one attached hydrogen (secondary N) is 1. The molecule has 5 nitrogen and oxygen atoms in total. The smallest absolute Gasteiger partial charge is 0.256 e. The van der Waals surface area contributed by atoms with Crippen LogP contribution in [0.2, 0.25) is 0 Å². The molecule has 0 aliphatic carbocycles. The third-order valence-electron chi connectivity index (χ3n) is 3.54. The minimum Gasteiger partial charge on any atom is -0.392 e. The standard InChI is InChI=1S/C16H16N2O3/c19-9-13-2-1-6-17-15(13)18-16(20)12-3-4-14-10-21-7-5-11(14)8-12/h1-4,6,8,19H,5,7,9-10H2,(H,17,18,20). The van der Waals surface area contributed by atoms with Gasteiger partial charge in [0.25, 0.3) is 5.91 Å². The van der Waals surface area contributed by atoms with Crippen LogP contribution < -0.4 is 5.32 Å². The average Bonchev–Trinajstić information content (AvgIpc) is 2.55. The lowest BCUT2D eigenvalue weighted by Crippen LogP contribution is -2.16. The Morgan fingerprint density at radius 2 is 2.24 bits per heavy atom. The first-order valence-corrected chi connectivity index (χ1v) is 6.83. The van der Waals surface area contributed by atoms with Crippen molar-refractivity contribution in [2.24, 2.45) is 0 Å². The number of carbonyl (C=O) groups is 1. The van der Waals surface area contributed by atoms with Gasteiger partial charge in [-0.05, 0) is 35.7 Å². The molecule has 0 radical (unpaired) electrons. The van der Waals surface area contributed by atoms with Gasteiger partial charge >= 0.3 is 0 Å². The van der Waals surface area contributed by atoms with E-state index in [4.69, 9.17) is 4.74 Å². The first kappa shape index (κ1) is 13.7. The normalized spacial score (nSPS) is 13.6. The molecule has 1 amide bonds. The van der Waals surface area contributed by atoms with Gasteiger partial charge in [0.1, 0.15) is 5.82 Å². The second-order valence-electron chi connectivity index (χ2n) is 4.91. The topological polar surface area (TPSA) is 71.5 Å². The van der Waals surface area contributed by atoms with Crippen molar-refractivity contribution in [3.05, 3.63) is 58.8 Å². The van der Waals surface area contributed by atoms with Gasteiger partial charge < -0.3 is 15.2 Å². The molecule has 1 aromatic carbocycles. The molecule has 0 saturated heterocycles. The molecule has 2 aromatic rings. The van der Waals surface area contributed by atoms with E-state index in [0.717, 1.165) is 17.5 Å². The highest BCUT2D eigenvalue weighted by molar-refractivity contribution is 6.04. The highest BCUT2D eigenvalue weighted by Gasteiger charge is 2.14. The molecule has 3 rings (SSSR count).